The number of thioether (sulfide) groups is 1. The van der Waals surface area contributed by atoms with Gasteiger partial charge in [0.05, 0.1) is 11.5 Å². The average molecular weight is 265 g/mol. The first-order chi connectivity index (χ1) is 8.75. The molecule has 0 aromatic carbocycles. The monoisotopic (exact) mass is 265 g/mol. The number of rotatable bonds is 2. The summed E-state index contributed by atoms with van der Waals surface area (Å²) in [5, 5.41) is 4.07. The second-order valence-corrected chi connectivity index (χ2v) is 6.63. The Hall–Kier alpha value is -0.740. The summed E-state index contributed by atoms with van der Waals surface area (Å²) in [6.07, 6.45) is 4.68. The van der Waals surface area contributed by atoms with Gasteiger partial charge in [-0.2, -0.15) is 0 Å². The van der Waals surface area contributed by atoms with Crippen molar-refractivity contribution in [1.82, 2.24) is 5.32 Å². The number of carbonyl (C=O) groups excluding carboxylic acids is 1. The molecule has 3 aliphatic rings. The fraction of sp³-hybridized carbons (Fsp3) is 0.643. The third kappa shape index (κ3) is 2.24. The maximum atomic E-state index is 12.3. The van der Waals surface area contributed by atoms with Gasteiger partial charge >= 0.3 is 0 Å². The van der Waals surface area contributed by atoms with Gasteiger partial charge < -0.3 is 10.1 Å². The zero-order valence-electron chi connectivity index (χ0n) is 10.7. The molecule has 4 heteroatoms. The highest BCUT2D eigenvalue weighted by atomic mass is 32.2. The number of carbonyl (C=O) groups is 1. The summed E-state index contributed by atoms with van der Waals surface area (Å²) in [6.45, 7) is 4.94. The lowest BCUT2D eigenvalue weighted by molar-refractivity contribution is -0.117. The molecule has 0 aromatic rings. The highest BCUT2D eigenvalue weighted by Gasteiger charge is 2.34. The standard InChI is InChI=1S/C14H19NO2S/c1-9-12-8-17-7-10(12)6-13(16)14(9)18-11-2-4-15-5-3-11/h7,11,14-15H,2-6,8H2,1H3. The summed E-state index contributed by atoms with van der Waals surface area (Å²) in [5.74, 6) is 0.358. The van der Waals surface area contributed by atoms with Gasteiger partial charge in [0.2, 0.25) is 0 Å². The molecular formula is C14H19NO2S. The lowest BCUT2D eigenvalue weighted by Gasteiger charge is -2.29. The molecule has 0 bridgehead atoms. The van der Waals surface area contributed by atoms with Crippen LogP contribution in [0.3, 0.4) is 0 Å². The van der Waals surface area contributed by atoms with E-state index in [1.165, 1.54) is 24.0 Å². The Morgan fingerprint density at radius 1 is 1.39 bits per heavy atom. The highest BCUT2D eigenvalue weighted by Crippen LogP contribution is 2.39. The minimum Gasteiger partial charge on any atom is -0.496 e. The van der Waals surface area contributed by atoms with E-state index < -0.39 is 0 Å². The maximum absolute atomic E-state index is 12.3. The lowest BCUT2D eigenvalue weighted by Crippen LogP contribution is -2.33. The van der Waals surface area contributed by atoms with Gasteiger partial charge in [0.25, 0.3) is 0 Å². The zero-order valence-corrected chi connectivity index (χ0v) is 11.5. The van der Waals surface area contributed by atoms with Crippen molar-refractivity contribution in [2.24, 2.45) is 0 Å². The molecule has 0 saturated carbocycles. The van der Waals surface area contributed by atoms with Crippen LogP contribution in [0.1, 0.15) is 26.2 Å². The molecule has 2 heterocycles. The van der Waals surface area contributed by atoms with Crippen molar-refractivity contribution in [3.8, 4) is 0 Å². The summed E-state index contributed by atoms with van der Waals surface area (Å²) in [6, 6.07) is 0. The molecule has 98 valence electrons. The lowest BCUT2D eigenvalue weighted by atomic mass is 9.89. The molecule has 0 spiro atoms. The van der Waals surface area contributed by atoms with Crippen molar-refractivity contribution >= 4 is 17.5 Å². The van der Waals surface area contributed by atoms with E-state index in [0.717, 1.165) is 18.7 Å². The average Bonchev–Trinajstić information content (AvgIpc) is 2.84. The summed E-state index contributed by atoms with van der Waals surface area (Å²) >= 11 is 1.88. The molecule has 1 unspecified atom stereocenters. The van der Waals surface area contributed by atoms with E-state index >= 15 is 0 Å². The molecule has 1 atom stereocenters. The van der Waals surface area contributed by atoms with Crippen LogP contribution >= 0.6 is 11.8 Å². The second kappa shape index (κ2) is 5.10. The van der Waals surface area contributed by atoms with E-state index in [1.807, 2.05) is 11.8 Å². The van der Waals surface area contributed by atoms with Gasteiger partial charge in [0.1, 0.15) is 6.61 Å². The number of hydrogen-bond acceptors (Lipinski definition) is 4. The van der Waals surface area contributed by atoms with Crippen molar-refractivity contribution < 1.29 is 9.53 Å². The van der Waals surface area contributed by atoms with E-state index in [-0.39, 0.29) is 5.25 Å². The number of Topliss-reactive ketones (excluding diaryl/α,β-unsaturated/α-hetero) is 1. The van der Waals surface area contributed by atoms with Crippen LogP contribution in [0.2, 0.25) is 0 Å². The summed E-state index contributed by atoms with van der Waals surface area (Å²) in [7, 11) is 0. The molecule has 1 fully saturated rings. The van der Waals surface area contributed by atoms with Crippen LogP contribution in [0.5, 0.6) is 0 Å². The van der Waals surface area contributed by atoms with Gasteiger partial charge in [0.15, 0.2) is 5.78 Å². The van der Waals surface area contributed by atoms with Crippen molar-refractivity contribution in [3.05, 3.63) is 23.0 Å². The van der Waals surface area contributed by atoms with Crippen molar-refractivity contribution in [2.45, 2.75) is 36.7 Å². The number of nitrogens with one attached hydrogen (secondary N) is 1. The molecule has 3 rings (SSSR count). The van der Waals surface area contributed by atoms with Crippen LogP contribution in [0.15, 0.2) is 23.0 Å². The van der Waals surface area contributed by atoms with Crippen LogP contribution in [0.4, 0.5) is 0 Å². The second-order valence-electron chi connectivity index (χ2n) is 5.22. The Morgan fingerprint density at radius 2 is 2.17 bits per heavy atom. The van der Waals surface area contributed by atoms with Crippen LogP contribution in [-0.4, -0.2) is 36.0 Å². The molecule has 0 aromatic heterocycles. The number of piperidine rings is 1. The Labute approximate surface area is 112 Å². The van der Waals surface area contributed by atoms with Gasteiger partial charge in [-0.25, -0.2) is 0 Å². The Kier molecular flexibility index (Phi) is 3.48. The van der Waals surface area contributed by atoms with E-state index in [1.54, 1.807) is 6.26 Å². The Morgan fingerprint density at radius 3 is 2.94 bits per heavy atom. The Bertz CT molecular complexity index is 422. The zero-order chi connectivity index (χ0) is 12.5. The predicted molar refractivity (Wildman–Crippen MR) is 73.6 cm³/mol. The topological polar surface area (TPSA) is 38.3 Å². The molecule has 1 N–H and O–H groups in total. The van der Waals surface area contributed by atoms with Crippen LogP contribution in [0.25, 0.3) is 0 Å². The summed E-state index contributed by atoms with van der Waals surface area (Å²) < 4.78 is 5.36. The fourth-order valence-electron chi connectivity index (χ4n) is 2.89. The first-order valence-corrected chi connectivity index (χ1v) is 7.59. The third-order valence-electron chi connectivity index (χ3n) is 3.98. The van der Waals surface area contributed by atoms with Gasteiger partial charge in [-0.05, 0) is 44.0 Å². The molecule has 0 amide bonds. The van der Waals surface area contributed by atoms with Crippen molar-refractivity contribution in [1.29, 1.82) is 0 Å². The molecule has 3 nitrogen and oxygen atoms in total. The van der Waals surface area contributed by atoms with E-state index in [2.05, 4.69) is 12.2 Å². The fourth-order valence-corrected chi connectivity index (χ4v) is 4.36. The first kappa shape index (κ1) is 12.3. The van der Waals surface area contributed by atoms with Gasteiger partial charge in [-0.3, -0.25) is 4.79 Å². The normalized spacial score (nSPS) is 29.1. The van der Waals surface area contributed by atoms with E-state index in [9.17, 15) is 4.79 Å². The highest BCUT2D eigenvalue weighted by molar-refractivity contribution is 8.01. The minimum atomic E-state index is 0.0712. The molecule has 1 aliphatic carbocycles. The minimum absolute atomic E-state index is 0.0712. The molecule has 0 radical (unpaired) electrons. The van der Waals surface area contributed by atoms with E-state index in [4.69, 9.17) is 4.74 Å². The molecule has 1 saturated heterocycles. The third-order valence-corrected chi connectivity index (χ3v) is 5.73. The quantitative estimate of drug-likeness (QED) is 0.829. The largest absolute Gasteiger partial charge is 0.496 e. The van der Waals surface area contributed by atoms with Crippen molar-refractivity contribution in [2.75, 3.05) is 19.7 Å². The molecule has 18 heavy (non-hydrogen) atoms. The number of ether oxygens (including phenoxy) is 1. The van der Waals surface area contributed by atoms with Gasteiger partial charge in [0, 0.05) is 17.2 Å². The van der Waals surface area contributed by atoms with Gasteiger partial charge in [-0.1, -0.05) is 0 Å². The number of ketones is 1. The van der Waals surface area contributed by atoms with E-state index in [0.29, 0.717) is 24.1 Å². The molecule has 2 aliphatic heterocycles. The smallest absolute Gasteiger partial charge is 0.154 e. The first-order valence-electron chi connectivity index (χ1n) is 6.65. The van der Waals surface area contributed by atoms with Gasteiger partial charge in [-0.15, -0.1) is 11.8 Å². The van der Waals surface area contributed by atoms with Crippen LogP contribution in [0, 0.1) is 0 Å². The summed E-state index contributed by atoms with van der Waals surface area (Å²) in [4.78, 5) is 12.3. The number of hydrogen-bond donors (Lipinski definition) is 1. The summed E-state index contributed by atoms with van der Waals surface area (Å²) in [5.41, 5.74) is 3.62. The number of fused-ring (bicyclic) bond motifs is 1. The Balaban J connectivity index is 1.76. The predicted octanol–water partition coefficient (Wildman–Crippen LogP) is 2.04. The SMILES string of the molecule is CC1=C2COC=C2CC(=O)C1SC1CCNCC1. The maximum Gasteiger partial charge on any atom is 0.154 e. The van der Waals surface area contributed by atoms with Crippen LogP contribution < -0.4 is 5.32 Å². The molecular weight excluding hydrogens is 246 g/mol. The van der Waals surface area contributed by atoms with Crippen LogP contribution in [-0.2, 0) is 9.53 Å². The van der Waals surface area contributed by atoms with Crippen molar-refractivity contribution in [3.63, 3.8) is 0 Å².